The van der Waals surface area contributed by atoms with Crippen LogP contribution >= 0.6 is 0 Å². The highest BCUT2D eigenvalue weighted by molar-refractivity contribution is 5.92. The summed E-state index contributed by atoms with van der Waals surface area (Å²) in [5.74, 6) is 0.888. The van der Waals surface area contributed by atoms with Gasteiger partial charge in [-0.15, -0.1) is 0 Å². The molecule has 0 aliphatic heterocycles. The average molecular weight is 363 g/mol. The molecule has 6 heteroatoms. The normalized spacial score (nSPS) is 20.1. The van der Waals surface area contributed by atoms with Crippen LogP contribution in [0.2, 0.25) is 0 Å². The first-order valence-electron chi connectivity index (χ1n) is 9.47. The van der Waals surface area contributed by atoms with E-state index in [2.05, 4.69) is 45.3 Å². The van der Waals surface area contributed by atoms with Crippen molar-refractivity contribution in [2.45, 2.75) is 37.8 Å². The maximum Gasteiger partial charge on any atom is 0.247 e. The van der Waals surface area contributed by atoms with Crippen LogP contribution in [0.15, 0.2) is 47.7 Å². The minimum absolute atomic E-state index is 0.0986. The largest absolute Gasteiger partial charge is 0.367 e. The van der Waals surface area contributed by atoms with Crippen LogP contribution in [0.1, 0.15) is 25.7 Å². The first-order chi connectivity index (χ1) is 13.1. The van der Waals surface area contributed by atoms with Crippen LogP contribution in [0.3, 0.4) is 0 Å². The Kier molecular flexibility index (Phi) is 4.90. The number of hydrogen-bond donors (Lipinski definition) is 2. The number of benzene rings is 1. The first-order valence-corrected chi connectivity index (χ1v) is 9.47. The lowest BCUT2D eigenvalue weighted by molar-refractivity contribution is 0.221. The summed E-state index contributed by atoms with van der Waals surface area (Å²) in [5, 5.41) is 4.65. The minimum Gasteiger partial charge on any atom is -0.367 e. The van der Waals surface area contributed by atoms with Gasteiger partial charge in [-0.1, -0.05) is 6.07 Å². The lowest BCUT2D eigenvalue weighted by Gasteiger charge is -2.33. The molecule has 140 valence electrons. The molecule has 1 aliphatic rings. The zero-order valence-electron chi connectivity index (χ0n) is 15.8. The molecule has 0 spiro atoms. The molecule has 4 rings (SSSR count). The third kappa shape index (κ3) is 3.85. The Morgan fingerprint density at radius 1 is 1.04 bits per heavy atom. The van der Waals surface area contributed by atoms with Crippen molar-refractivity contribution in [1.29, 1.82) is 0 Å². The van der Waals surface area contributed by atoms with Gasteiger partial charge in [-0.05, 0) is 69.1 Å². The van der Waals surface area contributed by atoms with E-state index in [1.165, 1.54) is 12.8 Å². The molecule has 0 atom stereocenters. The molecule has 0 amide bonds. The van der Waals surface area contributed by atoms with E-state index in [0.29, 0.717) is 12.1 Å². The molecule has 2 heterocycles. The second-order valence-electron chi connectivity index (χ2n) is 7.51. The molecule has 2 aromatic heterocycles. The summed E-state index contributed by atoms with van der Waals surface area (Å²) in [6.45, 7) is 0. The van der Waals surface area contributed by atoms with E-state index >= 15 is 0 Å². The van der Waals surface area contributed by atoms with Gasteiger partial charge in [-0.3, -0.25) is 4.79 Å². The zero-order chi connectivity index (χ0) is 18.8. The molecule has 1 aromatic carbocycles. The number of pyridine rings is 1. The van der Waals surface area contributed by atoms with Crippen LogP contribution in [0.5, 0.6) is 0 Å². The summed E-state index contributed by atoms with van der Waals surface area (Å²) in [6, 6.07) is 10.6. The number of aromatic amines is 1. The Morgan fingerprint density at radius 2 is 1.81 bits per heavy atom. The van der Waals surface area contributed by atoms with Gasteiger partial charge < -0.3 is 15.2 Å². The number of anilines is 1. The van der Waals surface area contributed by atoms with Crippen molar-refractivity contribution in [2.24, 2.45) is 0 Å². The van der Waals surface area contributed by atoms with Gasteiger partial charge in [0.15, 0.2) is 0 Å². The number of aromatic nitrogens is 3. The first kappa shape index (κ1) is 17.7. The van der Waals surface area contributed by atoms with Crippen LogP contribution in [0, 0.1) is 0 Å². The van der Waals surface area contributed by atoms with Gasteiger partial charge in [0.05, 0.1) is 5.52 Å². The van der Waals surface area contributed by atoms with Crippen molar-refractivity contribution < 1.29 is 0 Å². The molecular formula is C21H25N5O. The SMILES string of the molecule is CN(C)C1CCC(Nc2ncnc3ccc(-c4ccc(=O)[nH]c4)cc23)CC1. The molecule has 3 aromatic rings. The fourth-order valence-electron chi connectivity index (χ4n) is 3.87. The van der Waals surface area contributed by atoms with E-state index in [-0.39, 0.29) is 5.56 Å². The highest BCUT2D eigenvalue weighted by Gasteiger charge is 2.23. The van der Waals surface area contributed by atoms with E-state index in [4.69, 9.17) is 0 Å². The second-order valence-corrected chi connectivity index (χ2v) is 7.51. The van der Waals surface area contributed by atoms with Crippen molar-refractivity contribution >= 4 is 16.7 Å². The summed E-state index contributed by atoms with van der Waals surface area (Å²) in [6.07, 6.45) is 8.06. The molecule has 0 bridgehead atoms. The quantitative estimate of drug-likeness (QED) is 0.744. The van der Waals surface area contributed by atoms with Crippen molar-refractivity contribution in [3.8, 4) is 11.1 Å². The Hall–Kier alpha value is -2.73. The maximum atomic E-state index is 11.3. The average Bonchev–Trinajstić information content (AvgIpc) is 2.69. The van der Waals surface area contributed by atoms with Gasteiger partial charge in [0.1, 0.15) is 12.1 Å². The van der Waals surface area contributed by atoms with Crippen LogP contribution in [-0.4, -0.2) is 46.0 Å². The van der Waals surface area contributed by atoms with Crippen LogP contribution in [0.25, 0.3) is 22.0 Å². The summed E-state index contributed by atoms with van der Waals surface area (Å²) < 4.78 is 0. The molecule has 1 fully saturated rings. The Bertz CT molecular complexity index is 969. The van der Waals surface area contributed by atoms with Crippen LogP contribution in [-0.2, 0) is 0 Å². The number of fused-ring (bicyclic) bond motifs is 1. The number of nitrogens with zero attached hydrogens (tertiary/aromatic N) is 3. The van der Waals surface area contributed by atoms with Crippen molar-refractivity contribution in [3.05, 3.63) is 53.2 Å². The lowest BCUT2D eigenvalue weighted by atomic mass is 9.90. The number of nitrogens with one attached hydrogen (secondary N) is 2. The van der Waals surface area contributed by atoms with E-state index in [0.717, 1.165) is 40.7 Å². The molecule has 1 aliphatic carbocycles. The van der Waals surface area contributed by atoms with Gasteiger partial charge in [0, 0.05) is 29.7 Å². The summed E-state index contributed by atoms with van der Waals surface area (Å²) in [5.41, 5.74) is 2.83. The van der Waals surface area contributed by atoms with Crippen molar-refractivity contribution in [1.82, 2.24) is 19.9 Å². The Labute approximate surface area is 158 Å². The molecule has 6 nitrogen and oxygen atoms in total. The fraction of sp³-hybridized carbons (Fsp3) is 0.381. The molecule has 2 N–H and O–H groups in total. The molecular weight excluding hydrogens is 338 g/mol. The van der Waals surface area contributed by atoms with Crippen molar-refractivity contribution in [3.63, 3.8) is 0 Å². The van der Waals surface area contributed by atoms with Gasteiger partial charge >= 0.3 is 0 Å². The number of rotatable bonds is 4. The predicted octanol–water partition coefficient (Wildman–Crippen LogP) is 3.27. The van der Waals surface area contributed by atoms with Gasteiger partial charge in [-0.25, -0.2) is 9.97 Å². The summed E-state index contributed by atoms with van der Waals surface area (Å²) in [7, 11) is 4.32. The smallest absolute Gasteiger partial charge is 0.247 e. The predicted molar refractivity (Wildman–Crippen MR) is 109 cm³/mol. The third-order valence-corrected chi connectivity index (χ3v) is 5.52. The van der Waals surface area contributed by atoms with Crippen molar-refractivity contribution in [2.75, 3.05) is 19.4 Å². The molecule has 1 saturated carbocycles. The maximum absolute atomic E-state index is 11.3. The zero-order valence-corrected chi connectivity index (χ0v) is 15.8. The molecule has 27 heavy (non-hydrogen) atoms. The molecule has 0 radical (unpaired) electrons. The summed E-state index contributed by atoms with van der Waals surface area (Å²) in [4.78, 5) is 25.3. The van der Waals surface area contributed by atoms with E-state index in [9.17, 15) is 4.79 Å². The second kappa shape index (κ2) is 7.48. The Balaban J connectivity index is 1.60. The Morgan fingerprint density at radius 3 is 2.52 bits per heavy atom. The lowest BCUT2D eigenvalue weighted by Crippen LogP contribution is -2.36. The van der Waals surface area contributed by atoms with Crippen LogP contribution in [0.4, 0.5) is 5.82 Å². The van der Waals surface area contributed by atoms with Gasteiger partial charge in [0.25, 0.3) is 0 Å². The minimum atomic E-state index is -0.0986. The van der Waals surface area contributed by atoms with E-state index in [1.54, 1.807) is 18.6 Å². The standard InChI is InChI=1S/C21H25N5O/c1-26(2)17-7-5-16(6-8-17)25-21-18-11-14(3-9-19(18)23-13-24-21)15-4-10-20(27)22-12-15/h3-4,9-13,16-17H,5-8H2,1-2H3,(H,22,27)(H,23,24,25). The number of H-pyrrole nitrogens is 1. The molecule has 0 saturated heterocycles. The third-order valence-electron chi connectivity index (χ3n) is 5.52. The highest BCUT2D eigenvalue weighted by Crippen LogP contribution is 2.29. The fourth-order valence-corrected chi connectivity index (χ4v) is 3.87. The number of hydrogen-bond acceptors (Lipinski definition) is 5. The van der Waals surface area contributed by atoms with Gasteiger partial charge in [0.2, 0.25) is 5.56 Å². The van der Waals surface area contributed by atoms with E-state index in [1.807, 2.05) is 18.2 Å². The summed E-state index contributed by atoms with van der Waals surface area (Å²) >= 11 is 0. The van der Waals surface area contributed by atoms with Gasteiger partial charge in [-0.2, -0.15) is 0 Å². The van der Waals surface area contributed by atoms with Crippen LogP contribution < -0.4 is 10.9 Å². The molecule has 0 unspecified atom stereocenters. The van der Waals surface area contributed by atoms with E-state index < -0.39 is 0 Å². The monoisotopic (exact) mass is 363 g/mol. The highest BCUT2D eigenvalue weighted by atomic mass is 16.1. The topological polar surface area (TPSA) is 73.9 Å².